The van der Waals surface area contributed by atoms with Gasteiger partial charge in [-0.05, 0) is 39.2 Å². The molecule has 0 bridgehead atoms. The van der Waals surface area contributed by atoms with Gasteiger partial charge in [-0.3, -0.25) is 0 Å². The lowest BCUT2D eigenvalue weighted by Gasteiger charge is -2.22. The Kier molecular flexibility index (Phi) is 4.73. The Morgan fingerprint density at radius 3 is 2.71 bits per heavy atom. The van der Waals surface area contributed by atoms with Gasteiger partial charge in [0.25, 0.3) is 0 Å². The van der Waals surface area contributed by atoms with Crippen LogP contribution in [0.1, 0.15) is 20.3 Å². The van der Waals surface area contributed by atoms with Crippen molar-refractivity contribution in [2.75, 3.05) is 6.61 Å². The summed E-state index contributed by atoms with van der Waals surface area (Å²) in [5.41, 5.74) is 5.26. The zero-order chi connectivity index (χ0) is 15.5. The Labute approximate surface area is 132 Å². The normalized spacial score (nSPS) is 12.6. The van der Waals surface area contributed by atoms with Crippen LogP contribution in [0.3, 0.4) is 0 Å². The van der Waals surface area contributed by atoms with Crippen molar-refractivity contribution in [1.29, 1.82) is 0 Å². The van der Waals surface area contributed by atoms with E-state index in [2.05, 4.69) is 27.2 Å². The highest BCUT2D eigenvalue weighted by atomic mass is 79.9. The van der Waals surface area contributed by atoms with Crippen LogP contribution in [0.15, 0.2) is 46.0 Å². The molecule has 0 heterocycles. The molecule has 5 heteroatoms. The highest BCUT2D eigenvalue weighted by molar-refractivity contribution is 9.10. The molecule has 112 valence electrons. The lowest BCUT2D eigenvalue weighted by atomic mass is 9.88. The Bertz CT molecular complexity index is 668. The zero-order valence-corrected chi connectivity index (χ0v) is 13.7. The van der Waals surface area contributed by atoms with Gasteiger partial charge in [0.2, 0.25) is 0 Å². The van der Waals surface area contributed by atoms with Crippen molar-refractivity contribution < 1.29 is 9.94 Å². The van der Waals surface area contributed by atoms with Crippen molar-refractivity contribution in [3.05, 3.63) is 40.9 Å². The largest absolute Gasteiger partial charge is 0.492 e. The molecule has 3 N–H and O–H groups in total. The third-order valence-electron chi connectivity index (χ3n) is 3.61. The number of benzene rings is 2. The molecule has 2 aromatic carbocycles. The monoisotopic (exact) mass is 350 g/mol. The topological polar surface area (TPSA) is 67.8 Å². The van der Waals surface area contributed by atoms with Gasteiger partial charge in [-0.1, -0.05) is 49.3 Å². The van der Waals surface area contributed by atoms with Gasteiger partial charge < -0.3 is 15.7 Å². The number of nitrogens with two attached hydrogens (primary N) is 1. The molecule has 0 fully saturated rings. The first-order chi connectivity index (χ1) is 9.95. The first-order valence-electron chi connectivity index (χ1n) is 6.74. The maximum atomic E-state index is 8.76. The third-order valence-corrected chi connectivity index (χ3v) is 4.43. The number of hydrogen-bond acceptors (Lipinski definition) is 3. The summed E-state index contributed by atoms with van der Waals surface area (Å²) in [7, 11) is 0. The molecule has 2 rings (SSSR count). The van der Waals surface area contributed by atoms with Gasteiger partial charge in [-0.2, -0.15) is 0 Å². The number of amidine groups is 1. The van der Waals surface area contributed by atoms with Gasteiger partial charge in [0.15, 0.2) is 0 Å². The predicted molar refractivity (Wildman–Crippen MR) is 88.9 cm³/mol. The van der Waals surface area contributed by atoms with Crippen LogP contribution < -0.4 is 10.5 Å². The highest BCUT2D eigenvalue weighted by Crippen LogP contribution is 2.33. The fraction of sp³-hybridized carbons (Fsp3) is 0.312. The minimum atomic E-state index is -0.405. The quantitative estimate of drug-likeness (QED) is 0.368. The molecule has 0 aliphatic heterocycles. The first-order valence-corrected chi connectivity index (χ1v) is 7.53. The van der Waals surface area contributed by atoms with Crippen molar-refractivity contribution in [2.45, 2.75) is 20.3 Å². The van der Waals surface area contributed by atoms with E-state index in [0.29, 0.717) is 13.0 Å². The molecular formula is C16H19BrN2O2. The number of fused-ring (bicyclic) bond motifs is 1. The number of rotatable bonds is 5. The van der Waals surface area contributed by atoms with Crippen LogP contribution in [0.4, 0.5) is 0 Å². The van der Waals surface area contributed by atoms with E-state index in [-0.39, 0.29) is 5.84 Å². The molecule has 0 atom stereocenters. The zero-order valence-electron chi connectivity index (χ0n) is 12.1. The Morgan fingerprint density at radius 2 is 2.00 bits per heavy atom. The van der Waals surface area contributed by atoms with Gasteiger partial charge in [0.1, 0.15) is 11.6 Å². The summed E-state index contributed by atoms with van der Waals surface area (Å²) in [6.45, 7) is 4.32. The summed E-state index contributed by atoms with van der Waals surface area (Å²) in [5.74, 6) is 1.01. The van der Waals surface area contributed by atoms with E-state index in [9.17, 15) is 0 Å². The van der Waals surface area contributed by atoms with Crippen LogP contribution in [0.25, 0.3) is 10.8 Å². The minimum absolute atomic E-state index is 0.212. The van der Waals surface area contributed by atoms with Gasteiger partial charge in [0, 0.05) is 5.41 Å². The number of nitrogens with zero attached hydrogens (tertiary/aromatic N) is 1. The van der Waals surface area contributed by atoms with Crippen LogP contribution in [0.2, 0.25) is 0 Å². The maximum absolute atomic E-state index is 8.76. The minimum Gasteiger partial charge on any atom is -0.492 e. The molecule has 4 nitrogen and oxygen atoms in total. The lowest BCUT2D eigenvalue weighted by molar-refractivity contribution is 0.259. The Hall–Kier alpha value is -1.75. The molecule has 0 saturated carbocycles. The van der Waals surface area contributed by atoms with Crippen LogP contribution in [-0.4, -0.2) is 17.6 Å². The van der Waals surface area contributed by atoms with Crippen LogP contribution in [0, 0.1) is 5.41 Å². The molecule has 0 aliphatic rings. The lowest BCUT2D eigenvalue weighted by Crippen LogP contribution is -2.33. The summed E-state index contributed by atoms with van der Waals surface area (Å²) < 4.78 is 6.78. The molecule has 0 radical (unpaired) electrons. The smallest absolute Gasteiger partial charge is 0.144 e. The standard InChI is InChI=1S/C16H19BrN2O2/c1-16(2,15(18)19-20)9-10-21-13-8-7-11-5-3-4-6-12(11)14(13)17/h3-8,20H,9-10H2,1-2H3,(H2,18,19). The first kappa shape index (κ1) is 15.6. The van der Waals surface area contributed by atoms with Crippen LogP contribution in [-0.2, 0) is 0 Å². The molecular weight excluding hydrogens is 332 g/mol. The second-order valence-corrected chi connectivity index (χ2v) is 6.36. The summed E-state index contributed by atoms with van der Waals surface area (Å²) in [6, 6.07) is 12.1. The second-order valence-electron chi connectivity index (χ2n) is 5.57. The van der Waals surface area contributed by atoms with Gasteiger partial charge in [-0.25, -0.2) is 0 Å². The highest BCUT2D eigenvalue weighted by Gasteiger charge is 2.23. The molecule has 21 heavy (non-hydrogen) atoms. The summed E-state index contributed by atoms with van der Waals surface area (Å²) in [5, 5.41) is 14.1. The van der Waals surface area contributed by atoms with E-state index in [1.807, 2.05) is 44.2 Å². The third kappa shape index (κ3) is 3.47. The molecule has 0 unspecified atom stereocenters. The van der Waals surface area contributed by atoms with E-state index in [1.54, 1.807) is 0 Å². The van der Waals surface area contributed by atoms with Crippen molar-refractivity contribution in [3.63, 3.8) is 0 Å². The van der Waals surface area contributed by atoms with Gasteiger partial charge in [0.05, 0.1) is 11.1 Å². The fourth-order valence-corrected chi connectivity index (χ4v) is 2.61. The van der Waals surface area contributed by atoms with E-state index >= 15 is 0 Å². The van der Waals surface area contributed by atoms with Crippen LogP contribution >= 0.6 is 15.9 Å². The number of ether oxygens (including phenoxy) is 1. The van der Waals surface area contributed by atoms with Crippen molar-refractivity contribution in [2.24, 2.45) is 16.3 Å². The van der Waals surface area contributed by atoms with E-state index in [4.69, 9.17) is 15.7 Å². The summed E-state index contributed by atoms with van der Waals surface area (Å²) in [6.07, 6.45) is 0.655. The summed E-state index contributed by atoms with van der Waals surface area (Å²) >= 11 is 3.59. The Morgan fingerprint density at radius 1 is 1.29 bits per heavy atom. The molecule has 0 aliphatic carbocycles. The predicted octanol–water partition coefficient (Wildman–Crippen LogP) is 4.14. The average Bonchev–Trinajstić information content (AvgIpc) is 2.49. The molecule has 0 aromatic heterocycles. The van der Waals surface area contributed by atoms with E-state index in [1.165, 1.54) is 0 Å². The Balaban J connectivity index is 2.09. The molecule has 0 spiro atoms. The average molecular weight is 351 g/mol. The van der Waals surface area contributed by atoms with E-state index in [0.717, 1.165) is 21.0 Å². The second kappa shape index (κ2) is 6.35. The van der Waals surface area contributed by atoms with Crippen molar-refractivity contribution in [1.82, 2.24) is 0 Å². The number of hydrogen-bond donors (Lipinski definition) is 2. The molecule has 0 saturated heterocycles. The van der Waals surface area contributed by atoms with Crippen molar-refractivity contribution in [3.8, 4) is 5.75 Å². The van der Waals surface area contributed by atoms with Gasteiger partial charge in [-0.15, -0.1) is 0 Å². The maximum Gasteiger partial charge on any atom is 0.144 e. The van der Waals surface area contributed by atoms with Crippen LogP contribution in [0.5, 0.6) is 5.75 Å². The molecule has 0 amide bonds. The molecule has 2 aromatic rings. The fourth-order valence-electron chi connectivity index (χ4n) is 2.00. The summed E-state index contributed by atoms with van der Waals surface area (Å²) in [4.78, 5) is 0. The number of oxime groups is 1. The van der Waals surface area contributed by atoms with Crippen molar-refractivity contribution >= 4 is 32.5 Å². The van der Waals surface area contributed by atoms with E-state index < -0.39 is 5.41 Å². The SMILES string of the molecule is CC(C)(CCOc1ccc2ccccc2c1Br)C(N)=NO. The number of halogens is 1. The van der Waals surface area contributed by atoms with Gasteiger partial charge >= 0.3 is 0 Å².